The van der Waals surface area contributed by atoms with E-state index < -0.39 is 6.10 Å². The van der Waals surface area contributed by atoms with Crippen LogP contribution >= 0.6 is 0 Å². The van der Waals surface area contributed by atoms with Gasteiger partial charge in [0.15, 0.2) is 0 Å². The highest BCUT2D eigenvalue weighted by Gasteiger charge is 2.16. The van der Waals surface area contributed by atoms with Gasteiger partial charge in [0.05, 0.1) is 0 Å². The first-order valence-electron chi connectivity index (χ1n) is 10.8. The summed E-state index contributed by atoms with van der Waals surface area (Å²) >= 11 is 0. The number of aliphatic hydroxyl groups is 1. The standard InChI is InChI=1S/C22H37N5O2/c23-10-6-13-24-11-4-1-5-12-25-14-7-15-26-22(29)21(28)16-18-17-27-20-9-3-2-8-19(18)20/h2-3,8-9,17,21,24-25,27-28H,1,4-7,10-16,23H2,(H,26,29). The molecule has 0 aliphatic carbocycles. The van der Waals surface area contributed by atoms with Gasteiger partial charge in [-0.15, -0.1) is 0 Å². The average Bonchev–Trinajstić information content (AvgIpc) is 3.14. The lowest BCUT2D eigenvalue weighted by Gasteiger charge is -2.11. The second kappa shape index (κ2) is 14.1. The summed E-state index contributed by atoms with van der Waals surface area (Å²) in [6.45, 7) is 5.26. The summed E-state index contributed by atoms with van der Waals surface area (Å²) in [7, 11) is 0. The van der Waals surface area contributed by atoms with Crippen LogP contribution in [0.1, 0.15) is 37.7 Å². The number of carbonyl (C=O) groups is 1. The van der Waals surface area contributed by atoms with E-state index in [4.69, 9.17) is 5.73 Å². The molecule has 0 saturated heterocycles. The van der Waals surface area contributed by atoms with Gasteiger partial charge in [0.25, 0.3) is 0 Å². The molecule has 1 amide bonds. The Labute approximate surface area is 173 Å². The first-order chi connectivity index (χ1) is 14.2. The summed E-state index contributed by atoms with van der Waals surface area (Å²) in [5.41, 5.74) is 7.43. The van der Waals surface area contributed by atoms with Crippen molar-refractivity contribution in [2.24, 2.45) is 5.73 Å². The van der Waals surface area contributed by atoms with E-state index in [1.165, 1.54) is 12.8 Å². The molecule has 0 bridgehead atoms. The van der Waals surface area contributed by atoms with Crippen LogP contribution in [-0.4, -0.2) is 61.4 Å². The Balaban J connectivity index is 1.46. The van der Waals surface area contributed by atoms with Crippen LogP contribution in [0.2, 0.25) is 0 Å². The number of rotatable bonds is 16. The minimum Gasteiger partial charge on any atom is -0.383 e. The third kappa shape index (κ3) is 8.95. The second-order valence-electron chi connectivity index (χ2n) is 7.43. The van der Waals surface area contributed by atoms with Crippen LogP contribution in [0, 0.1) is 0 Å². The van der Waals surface area contributed by atoms with Crippen molar-refractivity contribution < 1.29 is 9.90 Å². The highest BCUT2D eigenvalue weighted by atomic mass is 16.3. The Morgan fingerprint density at radius 3 is 2.41 bits per heavy atom. The predicted molar refractivity (Wildman–Crippen MR) is 119 cm³/mol. The maximum Gasteiger partial charge on any atom is 0.249 e. The molecule has 1 heterocycles. The Morgan fingerprint density at radius 2 is 1.66 bits per heavy atom. The number of aromatic nitrogens is 1. The van der Waals surface area contributed by atoms with Crippen LogP contribution < -0.4 is 21.7 Å². The number of nitrogens with two attached hydrogens (primary N) is 1. The number of aromatic amines is 1. The number of amides is 1. The number of fused-ring (bicyclic) bond motifs is 1. The van der Waals surface area contributed by atoms with Crippen LogP contribution in [0.25, 0.3) is 10.9 Å². The van der Waals surface area contributed by atoms with E-state index >= 15 is 0 Å². The first-order valence-corrected chi connectivity index (χ1v) is 10.8. The topological polar surface area (TPSA) is 115 Å². The number of hydrogen-bond acceptors (Lipinski definition) is 5. The number of benzene rings is 1. The fourth-order valence-corrected chi connectivity index (χ4v) is 3.30. The molecule has 0 fully saturated rings. The summed E-state index contributed by atoms with van der Waals surface area (Å²) in [6, 6.07) is 7.90. The highest BCUT2D eigenvalue weighted by Crippen LogP contribution is 2.19. The maximum absolute atomic E-state index is 12.1. The van der Waals surface area contributed by atoms with Gasteiger partial charge in [0.1, 0.15) is 6.10 Å². The normalized spacial score (nSPS) is 12.3. The first kappa shape index (κ1) is 23.3. The van der Waals surface area contributed by atoms with E-state index in [-0.39, 0.29) is 5.91 Å². The van der Waals surface area contributed by atoms with Gasteiger partial charge >= 0.3 is 0 Å². The molecule has 7 nitrogen and oxygen atoms in total. The van der Waals surface area contributed by atoms with Crippen molar-refractivity contribution in [1.29, 1.82) is 0 Å². The molecule has 0 aliphatic rings. The maximum atomic E-state index is 12.1. The molecule has 0 aliphatic heterocycles. The van der Waals surface area contributed by atoms with E-state index in [1.807, 2.05) is 30.5 Å². The molecule has 29 heavy (non-hydrogen) atoms. The number of hydrogen-bond donors (Lipinski definition) is 6. The van der Waals surface area contributed by atoms with Gasteiger partial charge < -0.3 is 31.8 Å². The van der Waals surface area contributed by atoms with Gasteiger partial charge in [-0.05, 0) is 70.0 Å². The van der Waals surface area contributed by atoms with E-state index in [2.05, 4.69) is 20.9 Å². The van der Waals surface area contributed by atoms with Gasteiger partial charge in [0, 0.05) is 30.1 Å². The highest BCUT2D eigenvalue weighted by molar-refractivity contribution is 5.85. The van der Waals surface area contributed by atoms with E-state index in [9.17, 15) is 9.90 Å². The second-order valence-corrected chi connectivity index (χ2v) is 7.43. The summed E-state index contributed by atoms with van der Waals surface area (Å²) in [5, 5.41) is 20.8. The molecule has 2 rings (SSSR count). The number of unbranched alkanes of at least 4 members (excludes halogenated alkanes) is 2. The minimum absolute atomic E-state index is 0.308. The molecular weight excluding hydrogens is 366 g/mol. The van der Waals surface area contributed by atoms with Crippen molar-refractivity contribution >= 4 is 16.8 Å². The Bertz CT molecular complexity index is 703. The van der Waals surface area contributed by atoms with E-state index in [1.54, 1.807) is 0 Å². The third-order valence-electron chi connectivity index (χ3n) is 4.99. The van der Waals surface area contributed by atoms with Crippen molar-refractivity contribution in [3.05, 3.63) is 36.0 Å². The zero-order valence-electron chi connectivity index (χ0n) is 17.4. The third-order valence-corrected chi connectivity index (χ3v) is 4.99. The van der Waals surface area contributed by atoms with Crippen molar-refractivity contribution in [1.82, 2.24) is 20.9 Å². The van der Waals surface area contributed by atoms with E-state index in [0.29, 0.717) is 13.0 Å². The quantitative estimate of drug-likeness (QED) is 0.236. The summed E-state index contributed by atoms with van der Waals surface area (Å²) in [4.78, 5) is 15.3. The average molecular weight is 404 g/mol. The molecule has 0 spiro atoms. The smallest absolute Gasteiger partial charge is 0.249 e. The Kier molecular flexibility index (Phi) is 11.4. The molecule has 7 heteroatoms. The molecular formula is C22H37N5O2. The van der Waals surface area contributed by atoms with Crippen LogP contribution in [0.3, 0.4) is 0 Å². The van der Waals surface area contributed by atoms with Gasteiger partial charge in [-0.2, -0.15) is 0 Å². The Hall–Kier alpha value is -1.93. The largest absolute Gasteiger partial charge is 0.383 e. The van der Waals surface area contributed by atoms with Gasteiger partial charge in [-0.25, -0.2) is 0 Å². The molecule has 1 aromatic carbocycles. The lowest BCUT2D eigenvalue weighted by atomic mass is 10.1. The zero-order valence-corrected chi connectivity index (χ0v) is 17.4. The number of nitrogens with one attached hydrogen (secondary N) is 4. The fourth-order valence-electron chi connectivity index (χ4n) is 3.30. The lowest BCUT2D eigenvalue weighted by Crippen LogP contribution is -2.37. The molecule has 1 aromatic heterocycles. The van der Waals surface area contributed by atoms with Crippen LogP contribution in [0.15, 0.2) is 30.5 Å². The van der Waals surface area contributed by atoms with Crippen molar-refractivity contribution in [2.75, 3.05) is 39.3 Å². The predicted octanol–water partition coefficient (Wildman–Crippen LogP) is 1.28. The van der Waals surface area contributed by atoms with Crippen LogP contribution in [0.4, 0.5) is 0 Å². The van der Waals surface area contributed by atoms with Crippen molar-refractivity contribution in [3.63, 3.8) is 0 Å². The number of carbonyl (C=O) groups excluding carboxylic acids is 1. The zero-order chi connectivity index (χ0) is 20.7. The van der Waals surface area contributed by atoms with Crippen LogP contribution in [-0.2, 0) is 11.2 Å². The number of para-hydroxylation sites is 1. The van der Waals surface area contributed by atoms with Gasteiger partial charge in [0.2, 0.25) is 5.91 Å². The van der Waals surface area contributed by atoms with Crippen molar-refractivity contribution in [3.8, 4) is 0 Å². The lowest BCUT2D eigenvalue weighted by molar-refractivity contribution is -0.129. The molecule has 0 saturated carbocycles. The van der Waals surface area contributed by atoms with Crippen molar-refractivity contribution in [2.45, 2.75) is 44.6 Å². The molecule has 162 valence electrons. The number of H-pyrrole nitrogens is 1. The summed E-state index contributed by atoms with van der Waals surface area (Å²) < 4.78 is 0. The SMILES string of the molecule is NCCCNCCCCCNCCCNC(=O)C(O)Cc1c[nH]c2ccccc12. The minimum atomic E-state index is -1.03. The molecule has 7 N–H and O–H groups in total. The fraction of sp³-hybridized carbons (Fsp3) is 0.591. The van der Waals surface area contributed by atoms with Gasteiger partial charge in [-0.1, -0.05) is 24.6 Å². The van der Waals surface area contributed by atoms with Gasteiger partial charge in [-0.3, -0.25) is 4.79 Å². The monoisotopic (exact) mass is 403 g/mol. The molecule has 2 aromatic rings. The van der Waals surface area contributed by atoms with Crippen LogP contribution in [0.5, 0.6) is 0 Å². The van der Waals surface area contributed by atoms with E-state index in [0.717, 1.165) is 68.5 Å². The molecule has 1 atom stereocenters. The summed E-state index contributed by atoms with van der Waals surface area (Å²) in [6.07, 6.45) is 6.60. The molecule has 1 unspecified atom stereocenters. The summed E-state index contributed by atoms with van der Waals surface area (Å²) in [5.74, 6) is -0.308. The number of aliphatic hydroxyl groups excluding tert-OH is 1. The molecule has 0 radical (unpaired) electrons. The Morgan fingerprint density at radius 1 is 0.966 bits per heavy atom.